The molecule has 1 aromatic heterocycles. The number of aryl methyl sites for hydroxylation is 1. The Hall–Kier alpha value is -3.69. The number of hydrogen-bond acceptors (Lipinski definition) is 6. The van der Waals surface area contributed by atoms with Gasteiger partial charge < -0.3 is 14.9 Å². The van der Waals surface area contributed by atoms with Crippen molar-refractivity contribution in [1.82, 2.24) is 9.78 Å². The molecule has 0 bridgehead atoms. The van der Waals surface area contributed by atoms with Crippen molar-refractivity contribution in [3.8, 4) is 17.0 Å². The largest absolute Gasteiger partial charge is 0.490 e. The van der Waals surface area contributed by atoms with Crippen molar-refractivity contribution in [2.24, 2.45) is 0 Å². The molecule has 0 radical (unpaired) electrons. The Balaban J connectivity index is 2.52. The molecule has 0 aliphatic heterocycles. The molecule has 0 atom stereocenters. The van der Waals surface area contributed by atoms with E-state index >= 15 is 0 Å². The van der Waals surface area contributed by atoms with Gasteiger partial charge in [0.05, 0.1) is 30.7 Å². The van der Waals surface area contributed by atoms with Crippen LogP contribution in [0.4, 0.5) is 5.69 Å². The van der Waals surface area contributed by atoms with Crippen molar-refractivity contribution in [3.05, 3.63) is 46.1 Å². The third-order valence-electron chi connectivity index (χ3n) is 3.40. The first-order valence-electron chi connectivity index (χ1n) is 7.35. The van der Waals surface area contributed by atoms with E-state index < -0.39 is 16.9 Å². The second kappa shape index (κ2) is 7.92. The zero-order valence-corrected chi connectivity index (χ0v) is 13.7. The fraction of sp³-hybridized carbons (Fsp3) is 0.188. The Morgan fingerprint density at radius 1 is 1.38 bits per heavy atom. The minimum absolute atomic E-state index is 0.0709. The van der Waals surface area contributed by atoms with Crippen molar-refractivity contribution in [1.29, 1.82) is 0 Å². The number of nitro benzene ring substituents is 1. The summed E-state index contributed by atoms with van der Waals surface area (Å²) in [4.78, 5) is 32.1. The monoisotopic (exact) mass is 361 g/mol. The molecule has 0 saturated carbocycles. The number of carboxylic acid groups (broad SMARTS) is 2. The lowest BCUT2D eigenvalue weighted by Gasteiger charge is -2.04. The first-order valence-corrected chi connectivity index (χ1v) is 7.35. The van der Waals surface area contributed by atoms with Crippen LogP contribution in [0.2, 0.25) is 0 Å². The fourth-order valence-electron chi connectivity index (χ4n) is 2.25. The molecule has 0 aliphatic rings. The number of carboxylic acids is 2. The molecule has 0 spiro atoms. The number of nitro groups is 1. The van der Waals surface area contributed by atoms with E-state index in [2.05, 4.69) is 5.10 Å². The molecule has 26 heavy (non-hydrogen) atoms. The Morgan fingerprint density at radius 3 is 2.69 bits per heavy atom. The maximum atomic E-state index is 11.2. The van der Waals surface area contributed by atoms with Gasteiger partial charge in [0.1, 0.15) is 0 Å². The number of aliphatic carboxylic acids is 2. The normalized spacial score (nSPS) is 10.8. The Kier molecular flexibility index (Phi) is 5.68. The predicted molar refractivity (Wildman–Crippen MR) is 89.8 cm³/mol. The van der Waals surface area contributed by atoms with E-state index in [9.17, 15) is 19.7 Å². The molecule has 0 amide bonds. The Bertz CT molecular complexity index is 886. The molecule has 1 heterocycles. The average Bonchev–Trinajstić information content (AvgIpc) is 3.00. The number of nitrogens with zero attached hydrogens (tertiary/aromatic N) is 3. The number of aromatic nitrogens is 2. The first kappa shape index (κ1) is 18.6. The van der Waals surface area contributed by atoms with Gasteiger partial charge in [-0.1, -0.05) is 0 Å². The van der Waals surface area contributed by atoms with Gasteiger partial charge in [0.15, 0.2) is 5.75 Å². The molecule has 2 aromatic rings. The molecule has 136 valence electrons. The van der Waals surface area contributed by atoms with Crippen molar-refractivity contribution < 1.29 is 29.5 Å². The van der Waals surface area contributed by atoms with Crippen LogP contribution in [-0.4, -0.2) is 44.0 Å². The van der Waals surface area contributed by atoms with Crippen LogP contribution in [0.15, 0.2) is 30.5 Å². The van der Waals surface area contributed by atoms with Gasteiger partial charge in [-0.3, -0.25) is 19.6 Å². The molecule has 0 unspecified atom stereocenters. The lowest BCUT2D eigenvalue weighted by atomic mass is 10.1. The second-order valence-electron chi connectivity index (χ2n) is 5.16. The van der Waals surface area contributed by atoms with Crippen LogP contribution in [0.3, 0.4) is 0 Å². The number of benzene rings is 1. The second-order valence-corrected chi connectivity index (χ2v) is 5.16. The quantitative estimate of drug-likeness (QED) is 0.413. The molecular weight excluding hydrogens is 346 g/mol. The zero-order chi connectivity index (χ0) is 19.3. The zero-order valence-electron chi connectivity index (χ0n) is 13.7. The van der Waals surface area contributed by atoms with Gasteiger partial charge in [-0.05, 0) is 18.2 Å². The van der Waals surface area contributed by atoms with E-state index in [-0.39, 0.29) is 24.4 Å². The summed E-state index contributed by atoms with van der Waals surface area (Å²) in [6.07, 6.45) is 3.50. The average molecular weight is 361 g/mol. The van der Waals surface area contributed by atoms with Gasteiger partial charge in [-0.25, -0.2) is 4.79 Å². The Labute approximate surface area is 147 Å². The molecular formula is C16H15N3O7. The van der Waals surface area contributed by atoms with Crippen LogP contribution in [0.5, 0.6) is 5.75 Å². The smallest absolute Gasteiger partial charge is 0.328 e. The number of methoxy groups -OCH3 is 1. The molecule has 0 aliphatic carbocycles. The minimum Gasteiger partial charge on any atom is -0.490 e. The van der Waals surface area contributed by atoms with Crippen molar-refractivity contribution in [2.75, 3.05) is 7.11 Å². The molecule has 2 rings (SSSR count). The van der Waals surface area contributed by atoms with Crippen LogP contribution in [-0.2, 0) is 16.1 Å². The summed E-state index contributed by atoms with van der Waals surface area (Å²) in [5, 5.41) is 33.0. The van der Waals surface area contributed by atoms with Crippen LogP contribution in [0.1, 0.15) is 12.0 Å². The number of carbonyl (C=O) groups is 2. The third-order valence-corrected chi connectivity index (χ3v) is 3.40. The summed E-state index contributed by atoms with van der Waals surface area (Å²) in [7, 11) is 1.31. The van der Waals surface area contributed by atoms with E-state index in [1.165, 1.54) is 36.2 Å². The maximum absolute atomic E-state index is 11.2. The van der Waals surface area contributed by atoms with Crippen LogP contribution < -0.4 is 4.74 Å². The standard InChI is InChI=1S/C16H15N3O7/c1-26-13-4-2-10(8-12(13)19(24)25)16-11(3-5-14(20)21)9-18(17-16)7-6-15(22)23/h2-5,8-9H,6-7H2,1H3,(H,20,21)(H,22,23)/b5-3+. The fourth-order valence-corrected chi connectivity index (χ4v) is 2.25. The molecule has 0 saturated heterocycles. The Morgan fingerprint density at radius 2 is 2.12 bits per heavy atom. The first-order chi connectivity index (χ1) is 12.3. The molecule has 10 nitrogen and oxygen atoms in total. The van der Waals surface area contributed by atoms with Crippen molar-refractivity contribution >= 4 is 23.7 Å². The van der Waals surface area contributed by atoms with E-state index in [1.807, 2.05) is 0 Å². The highest BCUT2D eigenvalue weighted by molar-refractivity contribution is 5.87. The summed E-state index contributed by atoms with van der Waals surface area (Å²) < 4.78 is 6.30. The van der Waals surface area contributed by atoms with Gasteiger partial charge in [0, 0.05) is 29.5 Å². The van der Waals surface area contributed by atoms with Crippen molar-refractivity contribution in [3.63, 3.8) is 0 Å². The molecule has 1 aromatic carbocycles. The van der Waals surface area contributed by atoms with Gasteiger partial charge in [0.2, 0.25) is 0 Å². The van der Waals surface area contributed by atoms with E-state index in [4.69, 9.17) is 14.9 Å². The van der Waals surface area contributed by atoms with Gasteiger partial charge in [-0.15, -0.1) is 0 Å². The minimum atomic E-state index is -1.17. The lowest BCUT2D eigenvalue weighted by molar-refractivity contribution is -0.385. The molecule has 10 heteroatoms. The number of ether oxygens (including phenoxy) is 1. The van der Waals surface area contributed by atoms with Crippen LogP contribution in [0, 0.1) is 10.1 Å². The molecule has 2 N–H and O–H groups in total. The topological polar surface area (TPSA) is 145 Å². The van der Waals surface area contributed by atoms with E-state index in [0.717, 1.165) is 6.08 Å². The van der Waals surface area contributed by atoms with Gasteiger partial charge >= 0.3 is 17.6 Å². The summed E-state index contributed by atoms with van der Waals surface area (Å²) in [6, 6.07) is 4.23. The van der Waals surface area contributed by atoms with E-state index in [1.54, 1.807) is 6.07 Å². The highest BCUT2D eigenvalue weighted by atomic mass is 16.6. The number of hydrogen-bond donors (Lipinski definition) is 2. The SMILES string of the molecule is COc1ccc(-c2nn(CCC(=O)O)cc2/C=C/C(=O)O)cc1[N+](=O)[O-]. The van der Waals surface area contributed by atoms with Gasteiger partial charge in [0.25, 0.3) is 0 Å². The highest BCUT2D eigenvalue weighted by Gasteiger charge is 2.19. The lowest BCUT2D eigenvalue weighted by Crippen LogP contribution is -2.04. The molecule has 0 fully saturated rings. The summed E-state index contributed by atoms with van der Waals surface area (Å²) in [5.74, 6) is -2.11. The summed E-state index contributed by atoms with van der Waals surface area (Å²) in [5.41, 5.74) is 0.783. The third kappa shape index (κ3) is 4.44. The maximum Gasteiger partial charge on any atom is 0.328 e. The van der Waals surface area contributed by atoms with Crippen molar-refractivity contribution in [2.45, 2.75) is 13.0 Å². The highest BCUT2D eigenvalue weighted by Crippen LogP contribution is 2.33. The van der Waals surface area contributed by atoms with E-state index in [0.29, 0.717) is 16.8 Å². The summed E-state index contributed by atoms with van der Waals surface area (Å²) >= 11 is 0. The summed E-state index contributed by atoms with van der Waals surface area (Å²) in [6.45, 7) is 0.0709. The van der Waals surface area contributed by atoms with Crippen LogP contribution in [0.25, 0.3) is 17.3 Å². The van der Waals surface area contributed by atoms with Crippen LogP contribution >= 0.6 is 0 Å². The number of rotatable bonds is 8. The predicted octanol–water partition coefficient (Wildman–Crippen LogP) is 2.04. The van der Waals surface area contributed by atoms with Gasteiger partial charge in [-0.2, -0.15) is 5.10 Å².